The van der Waals surface area contributed by atoms with Gasteiger partial charge in [-0.15, -0.1) is 0 Å². The molecule has 2 N–H and O–H groups in total. The Morgan fingerprint density at radius 1 is 1.44 bits per heavy atom. The summed E-state index contributed by atoms with van der Waals surface area (Å²) in [5, 5.41) is 11.3. The molecular formula is C11H12N2O5. The minimum absolute atomic E-state index is 0.131. The van der Waals surface area contributed by atoms with Crippen molar-refractivity contribution in [1.82, 2.24) is 4.98 Å². The summed E-state index contributed by atoms with van der Waals surface area (Å²) in [5.41, 5.74) is 0.232. The zero-order valence-electron chi connectivity index (χ0n) is 9.46. The van der Waals surface area contributed by atoms with E-state index in [0.29, 0.717) is 18.9 Å². The zero-order valence-corrected chi connectivity index (χ0v) is 9.46. The Kier molecular flexibility index (Phi) is 3.85. The fraction of sp³-hybridized carbons (Fsp3) is 0.364. The van der Waals surface area contributed by atoms with E-state index in [1.807, 2.05) is 0 Å². The molecule has 1 unspecified atom stereocenters. The largest absolute Gasteiger partial charge is 0.477 e. The van der Waals surface area contributed by atoms with E-state index >= 15 is 0 Å². The molecule has 96 valence electrons. The Labute approximate surface area is 103 Å². The van der Waals surface area contributed by atoms with E-state index in [1.54, 1.807) is 0 Å². The van der Waals surface area contributed by atoms with Crippen molar-refractivity contribution in [2.45, 2.75) is 6.10 Å². The first-order valence-corrected chi connectivity index (χ1v) is 5.36. The maximum Gasteiger partial charge on any atom is 0.354 e. The molecule has 0 saturated carbocycles. The van der Waals surface area contributed by atoms with Crippen LogP contribution in [-0.4, -0.2) is 47.9 Å². The predicted octanol–water partition coefficient (Wildman–Crippen LogP) is 0.134. The molecule has 1 saturated heterocycles. The summed E-state index contributed by atoms with van der Waals surface area (Å²) in [4.78, 5) is 26.1. The van der Waals surface area contributed by atoms with Gasteiger partial charge < -0.3 is 19.9 Å². The molecule has 18 heavy (non-hydrogen) atoms. The number of hydrogen-bond acceptors (Lipinski definition) is 5. The number of carboxylic acid groups (broad SMARTS) is 1. The van der Waals surface area contributed by atoms with Crippen LogP contribution in [0.15, 0.2) is 18.3 Å². The van der Waals surface area contributed by atoms with Crippen LogP contribution < -0.4 is 5.32 Å². The number of anilines is 1. The quantitative estimate of drug-likeness (QED) is 0.793. The standard InChI is InChI=1S/C11H12N2O5/c14-10(9-6-17-3-4-18-9)13-7-1-2-12-8(5-7)11(15)16/h1-2,5,9H,3-4,6H2,(H,15,16)(H,12,13,14). The predicted molar refractivity (Wildman–Crippen MR) is 60.4 cm³/mol. The molecule has 1 atom stereocenters. The fourth-order valence-electron chi connectivity index (χ4n) is 1.49. The number of pyridine rings is 1. The second kappa shape index (κ2) is 5.56. The smallest absolute Gasteiger partial charge is 0.354 e. The van der Waals surface area contributed by atoms with E-state index in [-0.39, 0.29) is 18.2 Å². The third-order valence-electron chi connectivity index (χ3n) is 2.35. The molecule has 2 rings (SSSR count). The number of nitrogens with zero attached hydrogens (tertiary/aromatic N) is 1. The number of nitrogens with one attached hydrogen (secondary N) is 1. The number of ether oxygens (including phenoxy) is 2. The summed E-state index contributed by atoms with van der Waals surface area (Å²) in [6.07, 6.45) is 0.650. The number of carbonyl (C=O) groups is 2. The van der Waals surface area contributed by atoms with E-state index in [2.05, 4.69) is 10.3 Å². The van der Waals surface area contributed by atoms with Crippen LogP contribution in [0, 0.1) is 0 Å². The summed E-state index contributed by atoms with van der Waals surface area (Å²) in [5.74, 6) is -1.51. The summed E-state index contributed by atoms with van der Waals surface area (Å²) < 4.78 is 10.3. The van der Waals surface area contributed by atoms with Crippen molar-refractivity contribution < 1.29 is 24.2 Å². The van der Waals surface area contributed by atoms with Crippen LogP contribution in [0.5, 0.6) is 0 Å². The van der Waals surface area contributed by atoms with Crippen molar-refractivity contribution in [3.05, 3.63) is 24.0 Å². The van der Waals surface area contributed by atoms with Crippen molar-refractivity contribution in [1.29, 1.82) is 0 Å². The molecule has 1 fully saturated rings. The van der Waals surface area contributed by atoms with Crippen molar-refractivity contribution in [3.63, 3.8) is 0 Å². The number of amides is 1. The van der Waals surface area contributed by atoms with Crippen LogP contribution >= 0.6 is 0 Å². The highest BCUT2D eigenvalue weighted by Crippen LogP contribution is 2.10. The van der Waals surface area contributed by atoms with Gasteiger partial charge in [0.1, 0.15) is 5.69 Å². The number of aromatic carboxylic acids is 1. The van der Waals surface area contributed by atoms with Crippen LogP contribution in [-0.2, 0) is 14.3 Å². The Hall–Kier alpha value is -1.99. The van der Waals surface area contributed by atoms with Gasteiger partial charge in [0.2, 0.25) is 0 Å². The summed E-state index contributed by atoms with van der Waals surface area (Å²) in [6, 6.07) is 2.79. The second-order valence-corrected chi connectivity index (χ2v) is 3.66. The average molecular weight is 252 g/mol. The van der Waals surface area contributed by atoms with Crippen molar-refractivity contribution in [2.24, 2.45) is 0 Å². The Morgan fingerprint density at radius 2 is 2.28 bits per heavy atom. The van der Waals surface area contributed by atoms with Crippen molar-refractivity contribution in [2.75, 3.05) is 25.1 Å². The highest BCUT2D eigenvalue weighted by molar-refractivity contribution is 5.95. The lowest BCUT2D eigenvalue weighted by Crippen LogP contribution is -2.39. The summed E-state index contributed by atoms with van der Waals surface area (Å²) >= 11 is 0. The highest BCUT2D eigenvalue weighted by Gasteiger charge is 2.22. The summed E-state index contributed by atoms with van der Waals surface area (Å²) in [7, 11) is 0. The fourth-order valence-corrected chi connectivity index (χ4v) is 1.49. The molecule has 1 aliphatic rings. The Balaban J connectivity index is 2.02. The first kappa shape index (κ1) is 12.5. The monoisotopic (exact) mass is 252 g/mol. The molecule has 0 aromatic carbocycles. The maximum atomic E-state index is 11.8. The maximum absolute atomic E-state index is 11.8. The number of carboxylic acids is 1. The zero-order chi connectivity index (χ0) is 13.0. The normalized spacial score (nSPS) is 19.2. The lowest BCUT2D eigenvalue weighted by Gasteiger charge is -2.22. The molecule has 0 bridgehead atoms. The molecular weight excluding hydrogens is 240 g/mol. The first-order chi connectivity index (χ1) is 8.66. The van der Waals surface area contributed by atoms with E-state index < -0.39 is 12.1 Å². The Morgan fingerprint density at radius 3 is 2.94 bits per heavy atom. The van der Waals surface area contributed by atoms with Gasteiger partial charge in [0.25, 0.3) is 5.91 Å². The van der Waals surface area contributed by atoms with E-state index in [1.165, 1.54) is 18.3 Å². The van der Waals surface area contributed by atoms with Gasteiger partial charge >= 0.3 is 5.97 Å². The molecule has 0 spiro atoms. The van der Waals surface area contributed by atoms with Crippen LogP contribution in [0.3, 0.4) is 0 Å². The summed E-state index contributed by atoms with van der Waals surface area (Å²) in [6.45, 7) is 1.04. The number of aromatic nitrogens is 1. The third-order valence-corrected chi connectivity index (χ3v) is 2.35. The molecule has 7 heteroatoms. The van der Waals surface area contributed by atoms with Gasteiger partial charge in [-0.1, -0.05) is 0 Å². The van der Waals surface area contributed by atoms with Gasteiger partial charge in [-0.25, -0.2) is 9.78 Å². The Bertz CT molecular complexity index is 457. The van der Waals surface area contributed by atoms with Gasteiger partial charge in [0, 0.05) is 11.9 Å². The van der Waals surface area contributed by atoms with Crippen molar-refractivity contribution in [3.8, 4) is 0 Å². The molecule has 1 aromatic heterocycles. The number of hydrogen-bond donors (Lipinski definition) is 2. The molecule has 2 heterocycles. The van der Waals surface area contributed by atoms with Crippen molar-refractivity contribution >= 4 is 17.6 Å². The van der Waals surface area contributed by atoms with E-state index in [4.69, 9.17) is 14.6 Å². The number of carbonyl (C=O) groups excluding carboxylic acids is 1. The molecule has 0 radical (unpaired) electrons. The SMILES string of the molecule is O=C(O)c1cc(NC(=O)C2COCCO2)ccn1. The third kappa shape index (κ3) is 3.02. The minimum atomic E-state index is -1.15. The lowest BCUT2D eigenvalue weighted by atomic mass is 10.3. The highest BCUT2D eigenvalue weighted by atomic mass is 16.6. The van der Waals surface area contributed by atoms with Gasteiger partial charge in [-0.3, -0.25) is 4.79 Å². The number of rotatable bonds is 3. The topological polar surface area (TPSA) is 97.8 Å². The first-order valence-electron chi connectivity index (χ1n) is 5.36. The van der Waals surface area contributed by atoms with Gasteiger partial charge in [-0.2, -0.15) is 0 Å². The minimum Gasteiger partial charge on any atom is -0.477 e. The van der Waals surface area contributed by atoms with Crippen LogP contribution in [0.25, 0.3) is 0 Å². The van der Waals surface area contributed by atoms with Crippen LogP contribution in [0.1, 0.15) is 10.5 Å². The molecule has 1 aliphatic heterocycles. The average Bonchev–Trinajstić information content (AvgIpc) is 2.40. The molecule has 1 aromatic rings. The van der Waals surface area contributed by atoms with Crippen LogP contribution in [0.4, 0.5) is 5.69 Å². The van der Waals surface area contributed by atoms with Gasteiger partial charge in [0.05, 0.1) is 19.8 Å². The molecule has 7 nitrogen and oxygen atoms in total. The molecule has 0 aliphatic carbocycles. The molecule has 1 amide bonds. The van der Waals surface area contributed by atoms with E-state index in [9.17, 15) is 9.59 Å². The van der Waals surface area contributed by atoms with Gasteiger partial charge in [-0.05, 0) is 12.1 Å². The second-order valence-electron chi connectivity index (χ2n) is 3.66. The van der Waals surface area contributed by atoms with E-state index in [0.717, 1.165) is 0 Å². The van der Waals surface area contributed by atoms with Crippen LogP contribution in [0.2, 0.25) is 0 Å². The lowest BCUT2D eigenvalue weighted by molar-refractivity contribution is -0.142. The van der Waals surface area contributed by atoms with Gasteiger partial charge in [0.15, 0.2) is 6.10 Å².